The van der Waals surface area contributed by atoms with Gasteiger partial charge < -0.3 is 0 Å². The Bertz CT molecular complexity index is 631. The van der Waals surface area contributed by atoms with Crippen molar-refractivity contribution in [3.05, 3.63) is 29.3 Å². The Labute approximate surface area is 99.7 Å². The van der Waals surface area contributed by atoms with E-state index in [1.807, 2.05) is 24.3 Å². The lowest BCUT2D eigenvalue weighted by Crippen LogP contribution is -1.95. The molecule has 3 rings (SSSR count). The van der Waals surface area contributed by atoms with E-state index in [-0.39, 0.29) is 0 Å². The predicted octanol–water partition coefficient (Wildman–Crippen LogP) is 2.01. The quantitative estimate of drug-likeness (QED) is 0.654. The second-order valence-electron chi connectivity index (χ2n) is 3.10. The molecule has 0 amide bonds. The highest BCUT2D eigenvalue weighted by Crippen LogP contribution is 2.19. The summed E-state index contributed by atoms with van der Waals surface area (Å²) < 4.78 is 1.67. The standard InChI is InChI=1S/C9H6ClN5S/c10-5-8-12-13-9(16-8)15-7-4-2-1-3-6(7)11-14-15/h1-4H,5H2. The smallest absolute Gasteiger partial charge is 0.184 e. The van der Waals surface area contributed by atoms with Gasteiger partial charge in [-0.25, -0.2) is 0 Å². The molecule has 0 aliphatic rings. The van der Waals surface area contributed by atoms with Crippen LogP contribution in [0.5, 0.6) is 0 Å². The summed E-state index contributed by atoms with van der Waals surface area (Å²) in [5.41, 5.74) is 1.75. The summed E-state index contributed by atoms with van der Waals surface area (Å²) in [5.74, 6) is 0.365. The number of halogens is 1. The van der Waals surface area contributed by atoms with Gasteiger partial charge in [-0.1, -0.05) is 28.7 Å². The molecule has 0 spiro atoms. The molecule has 0 saturated heterocycles. The zero-order chi connectivity index (χ0) is 11.0. The van der Waals surface area contributed by atoms with Gasteiger partial charge in [0, 0.05) is 0 Å². The largest absolute Gasteiger partial charge is 0.234 e. The van der Waals surface area contributed by atoms with Crippen LogP contribution in [0.1, 0.15) is 5.01 Å². The Morgan fingerprint density at radius 2 is 2.06 bits per heavy atom. The molecule has 0 saturated carbocycles. The van der Waals surface area contributed by atoms with Crippen molar-refractivity contribution in [1.29, 1.82) is 0 Å². The lowest BCUT2D eigenvalue weighted by molar-refractivity contribution is 0.802. The topological polar surface area (TPSA) is 56.5 Å². The lowest BCUT2D eigenvalue weighted by atomic mass is 10.3. The minimum atomic E-state index is 0.365. The SMILES string of the molecule is ClCc1nnc(-n2nnc3ccccc32)s1. The second-order valence-corrected chi connectivity index (χ2v) is 4.41. The van der Waals surface area contributed by atoms with Crippen LogP contribution in [-0.4, -0.2) is 25.2 Å². The van der Waals surface area contributed by atoms with Crippen molar-refractivity contribution in [2.24, 2.45) is 0 Å². The molecule has 3 aromatic rings. The Kier molecular flexibility index (Phi) is 2.30. The molecule has 0 radical (unpaired) electrons. The number of rotatable bonds is 2. The zero-order valence-electron chi connectivity index (χ0n) is 8.04. The van der Waals surface area contributed by atoms with E-state index in [4.69, 9.17) is 11.6 Å². The fourth-order valence-electron chi connectivity index (χ4n) is 1.39. The molecule has 0 aliphatic heterocycles. The van der Waals surface area contributed by atoms with Gasteiger partial charge in [-0.3, -0.25) is 0 Å². The Balaban J connectivity index is 2.18. The maximum atomic E-state index is 5.68. The third-order valence-electron chi connectivity index (χ3n) is 2.10. The molecule has 80 valence electrons. The second kappa shape index (κ2) is 3.80. The molecule has 0 unspecified atom stereocenters. The Morgan fingerprint density at radius 1 is 1.19 bits per heavy atom. The maximum Gasteiger partial charge on any atom is 0.234 e. The molecule has 16 heavy (non-hydrogen) atoms. The highest BCUT2D eigenvalue weighted by atomic mass is 35.5. The van der Waals surface area contributed by atoms with Crippen molar-refractivity contribution in [3.63, 3.8) is 0 Å². The third-order valence-corrected chi connectivity index (χ3v) is 3.41. The van der Waals surface area contributed by atoms with Crippen molar-refractivity contribution in [2.45, 2.75) is 5.88 Å². The van der Waals surface area contributed by atoms with Crippen LogP contribution in [0, 0.1) is 0 Å². The number of hydrogen-bond donors (Lipinski definition) is 0. The Hall–Kier alpha value is -1.53. The van der Waals surface area contributed by atoms with E-state index in [1.165, 1.54) is 11.3 Å². The summed E-state index contributed by atoms with van der Waals surface area (Å²) in [7, 11) is 0. The van der Waals surface area contributed by atoms with Crippen LogP contribution >= 0.6 is 22.9 Å². The van der Waals surface area contributed by atoms with Gasteiger partial charge in [0.15, 0.2) is 0 Å². The monoisotopic (exact) mass is 251 g/mol. The van der Waals surface area contributed by atoms with Gasteiger partial charge in [-0.05, 0) is 12.1 Å². The normalized spacial score (nSPS) is 11.1. The first-order valence-corrected chi connectivity index (χ1v) is 5.93. The fourth-order valence-corrected chi connectivity index (χ4v) is 2.26. The number of alkyl halides is 1. The molecule has 2 aromatic heterocycles. The number of para-hydroxylation sites is 1. The molecule has 0 fully saturated rings. The molecule has 5 nitrogen and oxygen atoms in total. The van der Waals surface area contributed by atoms with Crippen LogP contribution in [0.25, 0.3) is 16.2 Å². The highest BCUT2D eigenvalue weighted by Gasteiger charge is 2.10. The van der Waals surface area contributed by atoms with Crippen molar-refractivity contribution in [3.8, 4) is 5.13 Å². The summed E-state index contributed by atoms with van der Waals surface area (Å²) in [6.07, 6.45) is 0. The van der Waals surface area contributed by atoms with Gasteiger partial charge in [0.2, 0.25) is 5.13 Å². The molecule has 0 N–H and O–H groups in total. The zero-order valence-corrected chi connectivity index (χ0v) is 9.61. The number of fused-ring (bicyclic) bond motifs is 1. The summed E-state index contributed by atoms with van der Waals surface area (Å²) in [6.45, 7) is 0. The lowest BCUT2D eigenvalue weighted by Gasteiger charge is -1.93. The van der Waals surface area contributed by atoms with E-state index in [0.717, 1.165) is 16.0 Å². The summed E-state index contributed by atoms with van der Waals surface area (Å²) in [4.78, 5) is 0. The van der Waals surface area contributed by atoms with E-state index in [9.17, 15) is 0 Å². The van der Waals surface area contributed by atoms with E-state index < -0.39 is 0 Å². The van der Waals surface area contributed by atoms with Gasteiger partial charge in [0.25, 0.3) is 0 Å². The summed E-state index contributed by atoms with van der Waals surface area (Å²) in [6, 6.07) is 7.71. The van der Waals surface area contributed by atoms with Crippen LogP contribution < -0.4 is 0 Å². The number of benzene rings is 1. The molecular weight excluding hydrogens is 246 g/mol. The molecule has 0 aliphatic carbocycles. The summed E-state index contributed by atoms with van der Waals surface area (Å²) in [5, 5.41) is 17.5. The van der Waals surface area contributed by atoms with Crippen LogP contribution in [0.15, 0.2) is 24.3 Å². The molecule has 2 heterocycles. The Morgan fingerprint density at radius 3 is 2.88 bits per heavy atom. The average molecular weight is 252 g/mol. The first kappa shape index (κ1) is 9.68. The van der Waals surface area contributed by atoms with Gasteiger partial charge in [0.05, 0.1) is 11.4 Å². The van der Waals surface area contributed by atoms with Crippen molar-refractivity contribution < 1.29 is 0 Å². The van der Waals surface area contributed by atoms with Gasteiger partial charge in [-0.2, -0.15) is 4.68 Å². The van der Waals surface area contributed by atoms with Gasteiger partial charge >= 0.3 is 0 Å². The molecular formula is C9H6ClN5S. The van der Waals surface area contributed by atoms with Crippen molar-refractivity contribution >= 4 is 34.0 Å². The van der Waals surface area contributed by atoms with Gasteiger partial charge in [0.1, 0.15) is 10.5 Å². The first-order chi connectivity index (χ1) is 7.88. The van der Waals surface area contributed by atoms with Crippen LogP contribution in [-0.2, 0) is 5.88 Å². The molecule has 0 atom stereocenters. The van der Waals surface area contributed by atoms with Crippen LogP contribution in [0.2, 0.25) is 0 Å². The summed E-state index contributed by atoms with van der Waals surface area (Å²) >= 11 is 7.09. The van der Waals surface area contributed by atoms with E-state index in [0.29, 0.717) is 11.0 Å². The minimum absolute atomic E-state index is 0.365. The minimum Gasteiger partial charge on any atom is -0.184 e. The molecule has 7 heteroatoms. The van der Waals surface area contributed by atoms with Crippen LogP contribution in [0.4, 0.5) is 0 Å². The number of hydrogen-bond acceptors (Lipinski definition) is 5. The van der Waals surface area contributed by atoms with E-state index in [2.05, 4.69) is 20.5 Å². The fraction of sp³-hybridized carbons (Fsp3) is 0.111. The van der Waals surface area contributed by atoms with Crippen molar-refractivity contribution in [1.82, 2.24) is 25.2 Å². The average Bonchev–Trinajstić information content (AvgIpc) is 2.94. The van der Waals surface area contributed by atoms with Crippen molar-refractivity contribution in [2.75, 3.05) is 0 Å². The number of nitrogens with zero attached hydrogens (tertiary/aromatic N) is 5. The third kappa shape index (κ3) is 1.46. The maximum absolute atomic E-state index is 5.68. The van der Waals surface area contributed by atoms with Crippen LogP contribution in [0.3, 0.4) is 0 Å². The van der Waals surface area contributed by atoms with Gasteiger partial charge in [-0.15, -0.1) is 26.9 Å². The molecule has 0 bridgehead atoms. The van der Waals surface area contributed by atoms with E-state index >= 15 is 0 Å². The first-order valence-electron chi connectivity index (χ1n) is 4.57. The predicted molar refractivity (Wildman–Crippen MR) is 61.9 cm³/mol. The van der Waals surface area contributed by atoms with E-state index in [1.54, 1.807) is 4.68 Å². The highest BCUT2D eigenvalue weighted by molar-refractivity contribution is 7.13. The number of aromatic nitrogens is 5. The molecule has 1 aromatic carbocycles.